The number of nitrogens with zero attached hydrogens (tertiary/aromatic N) is 3. The lowest BCUT2D eigenvalue weighted by atomic mass is 10.2. The van der Waals surface area contributed by atoms with Crippen LogP contribution in [0.15, 0.2) is 29.2 Å². The average Bonchev–Trinajstić information content (AvgIpc) is 3.18. The molecule has 146 valence electrons. The van der Waals surface area contributed by atoms with Crippen LogP contribution in [-0.2, 0) is 16.0 Å². The summed E-state index contributed by atoms with van der Waals surface area (Å²) in [5.74, 6) is -0.621. The number of ether oxygens (including phenoxy) is 2. The predicted octanol–water partition coefficient (Wildman–Crippen LogP) is 1.79. The highest BCUT2D eigenvalue weighted by atomic mass is 16.5. The van der Waals surface area contributed by atoms with Gasteiger partial charge >= 0.3 is 5.97 Å². The van der Waals surface area contributed by atoms with Crippen LogP contribution in [-0.4, -0.2) is 39.2 Å². The van der Waals surface area contributed by atoms with Crippen LogP contribution in [0.25, 0.3) is 16.7 Å². The third kappa shape index (κ3) is 2.99. The van der Waals surface area contributed by atoms with Crippen molar-refractivity contribution >= 4 is 22.6 Å². The summed E-state index contributed by atoms with van der Waals surface area (Å²) in [5, 5.41) is 8.87. The van der Waals surface area contributed by atoms with Crippen molar-refractivity contribution in [2.24, 2.45) is 0 Å². The largest absolute Gasteiger partial charge is 0.462 e. The number of nitrogens with one attached hydrogen (secondary N) is 1. The first-order valence-corrected chi connectivity index (χ1v) is 9.40. The fourth-order valence-corrected chi connectivity index (χ4v) is 3.63. The lowest BCUT2D eigenvalue weighted by molar-refractivity contribution is 0.0521. The van der Waals surface area contributed by atoms with E-state index in [1.54, 1.807) is 23.8 Å². The number of carbonyl (C=O) groups excluding carboxylic acids is 1. The van der Waals surface area contributed by atoms with Gasteiger partial charge in [0.15, 0.2) is 0 Å². The number of hydrogen-bond acceptors (Lipinski definition) is 6. The molecule has 0 aliphatic carbocycles. The monoisotopic (exact) mass is 382 g/mol. The SMILES string of the molecule is CCOC(=O)c1cc2c(=O)n3cccc(C)c3nc2n(CC2CCCO2)c1=N. The van der Waals surface area contributed by atoms with E-state index in [2.05, 4.69) is 4.98 Å². The van der Waals surface area contributed by atoms with Crippen molar-refractivity contribution in [2.75, 3.05) is 13.2 Å². The number of pyridine rings is 2. The summed E-state index contributed by atoms with van der Waals surface area (Å²) in [4.78, 5) is 30.2. The summed E-state index contributed by atoms with van der Waals surface area (Å²) in [6.07, 6.45) is 3.39. The van der Waals surface area contributed by atoms with Gasteiger partial charge in [-0.2, -0.15) is 0 Å². The van der Waals surface area contributed by atoms with E-state index in [0.29, 0.717) is 24.4 Å². The van der Waals surface area contributed by atoms with E-state index in [0.717, 1.165) is 18.4 Å². The van der Waals surface area contributed by atoms with Gasteiger partial charge in [-0.3, -0.25) is 14.6 Å². The van der Waals surface area contributed by atoms with Gasteiger partial charge < -0.3 is 14.0 Å². The maximum absolute atomic E-state index is 13.1. The molecule has 0 aromatic carbocycles. The maximum Gasteiger partial charge on any atom is 0.341 e. The number of rotatable bonds is 4. The van der Waals surface area contributed by atoms with Crippen molar-refractivity contribution in [1.82, 2.24) is 14.0 Å². The standard InChI is InChI=1S/C20H22N4O4/c1-3-27-20(26)14-10-15-18(24(16(14)21)11-13-7-5-9-28-13)22-17-12(2)6-4-8-23(17)19(15)25/h4,6,8,10,13,21H,3,5,7,9,11H2,1-2H3. The highest BCUT2D eigenvalue weighted by molar-refractivity contribution is 5.93. The van der Waals surface area contributed by atoms with E-state index in [9.17, 15) is 9.59 Å². The Kier molecular flexibility index (Phi) is 4.72. The first kappa shape index (κ1) is 18.4. The minimum Gasteiger partial charge on any atom is -0.462 e. The Morgan fingerprint density at radius 2 is 2.25 bits per heavy atom. The van der Waals surface area contributed by atoms with Gasteiger partial charge in [-0.25, -0.2) is 9.78 Å². The molecule has 0 saturated carbocycles. The number of aryl methyl sites for hydroxylation is 1. The molecule has 1 saturated heterocycles. The summed E-state index contributed by atoms with van der Waals surface area (Å²) in [6, 6.07) is 5.08. The van der Waals surface area contributed by atoms with Crippen LogP contribution in [0.2, 0.25) is 0 Å². The molecule has 1 aliphatic rings. The van der Waals surface area contributed by atoms with Crippen molar-refractivity contribution in [3.8, 4) is 0 Å². The number of carbonyl (C=O) groups is 1. The van der Waals surface area contributed by atoms with E-state index in [4.69, 9.17) is 14.9 Å². The van der Waals surface area contributed by atoms with Crippen LogP contribution in [0.1, 0.15) is 35.7 Å². The Balaban J connectivity index is 2.06. The minimum absolute atomic E-state index is 0.0220. The Morgan fingerprint density at radius 3 is 2.96 bits per heavy atom. The van der Waals surface area contributed by atoms with Crippen LogP contribution in [0, 0.1) is 12.3 Å². The van der Waals surface area contributed by atoms with E-state index >= 15 is 0 Å². The van der Waals surface area contributed by atoms with Gasteiger partial charge in [0.25, 0.3) is 5.56 Å². The van der Waals surface area contributed by atoms with Crippen LogP contribution < -0.4 is 11.0 Å². The second-order valence-corrected chi connectivity index (χ2v) is 6.91. The Labute approximate surface area is 160 Å². The molecular weight excluding hydrogens is 360 g/mol. The molecule has 0 bridgehead atoms. The van der Waals surface area contributed by atoms with E-state index in [1.165, 1.54) is 10.5 Å². The molecule has 28 heavy (non-hydrogen) atoms. The van der Waals surface area contributed by atoms with Crippen molar-refractivity contribution < 1.29 is 14.3 Å². The van der Waals surface area contributed by atoms with Crippen LogP contribution in [0.5, 0.6) is 0 Å². The van der Waals surface area contributed by atoms with E-state index in [-0.39, 0.29) is 34.7 Å². The molecule has 4 rings (SSSR count). The zero-order chi connectivity index (χ0) is 19.8. The zero-order valence-electron chi connectivity index (χ0n) is 15.9. The van der Waals surface area contributed by atoms with Crippen LogP contribution in [0.4, 0.5) is 0 Å². The number of esters is 1. The molecule has 3 aromatic heterocycles. The van der Waals surface area contributed by atoms with Crippen molar-refractivity contribution in [3.63, 3.8) is 0 Å². The first-order valence-electron chi connectivity index (χ1n) is 9.40. The van der Waals surface area contributed by atoms with Gasteiger partial charge in [0.1, 0.15) is 22.3 Å². The third-order valence-corrected chi connectivity index (χ3v) is 5.04. The van der Waals surface area contributed by atoms with E-state index in [1.807, 2.05) is 13.0 Å². The zero-order valence-corrected chi connectivity index (χ0v) is 15.9. The second kappa shape index (κ2) is 7.20. The summed E-state index contributed by atoms with van der Waals surface area (Å²) in [7, 11) is 0. The van der Waals surface area contributed by atoms with Gasteiger partial charge in [-0.05, 0) is 44.4 Å². The summed E-state index contributed by atoms with van der Waals surface area (Å²) < 4.78 is 13.9. The van der Waals surface area contributed by atoms with Gasteiger partial charge in [0, 0.05) is 12.8 Å². The molecule has 1 unspecified atom stereocenters. The molecule has 0 amide bonds. The summed E-state index contributed by atoms with van der Waals surface area (Å²) in [5.41, 5.74) is 1.52. The Hall–Kier alpha value is -3.00. The molecular formula is C20H22N4O4. The topological polar surface area (TPSA) is 98.7 Å². The lowest BCUT2D eigenvalue weighted by Gasteiger charge is -2.17. The highest BCUT2D eigenvalue weighted by Crippen LogP contribution is 2.17. The smallest absolute Gasteiger partial charge is 0.341 e. The summed E-state index contributed by atoms with van der Waals surface area (Å²) >= 11 is 0. The minimum atomic E-state index is -0.621. The maximum atomic E-state index is 13.1. The summed E-state index contributed by atoms with van der Waals surface area (Å²) in [6.45, 7) is 4.81. The molecule has 0 spiro atoms. The Morgan fingerprint density at radius 1 is 1.43 bits per heavy atom. The molecule has 4 heterocycles. The number of fused-ring (bicyclic) bond motifs is 2. The van der Waals surface area contributed by atoms with Gasteiger partial charge in [0.05, 0.1) is 24.6 Å². The third-order valence-electron chi connectivity index (χ3n) is 5.04. The molecule has 1 fully saturated rings. The molecule has 0 radical (unpaired) electrons. The van der Waals surface area contributed by atoms with Crippen LogP contribution in [0.3, 0.4) is 0 Å². The average molecular weight is 382 g/mol. The van der Waals surface area contributed by atoms with E-state index < -0.39 is 5.97 Å². The van der Waals surface area contributed by atoms with Crippen LogP contribution >= 0.6 is 0 Å². The Bertz CT molecular complexity index is 1190. The fraction of sp³-hybridized carbons (Fsp3) is 0.400. The molecule has 1 N–H and O–H groups in total. The van der Waals surface area contributed by atoms with Gasteiger partial charge in [-0.15, -0.1) is 0 Å². The molecule has 3 aromatic rings. The normalized spacial score (nSPS) is 16.7. The predicted molar refractivity (Wildman–Crippen MR) is 102 cm³/mol. The molecule has 1 atom stereocenters. The molecule has 8 heteroatoms. The highest BCUT2D eigenvalue weighted by Gasteiger charge is 2.22. The number of hydrogen-bond donors (Lipinski definition) is 1. The second-order valence-electron chi connectivity index (χ2n) is 6.91. The first-order chi connectivity index (χ1) is 13.5. The van der Waals surface area contributed by atoms with Crippen molar-refractivity contribution in [2.45, 2.75) is 39.3 Å². The van der Waals surface area contributed by atoms with Gasteiger partial charge in [-0.1, -0.05) is 6.07 Å². The van der Waals surface area contributed by atoms with Gasteiger partial charge in [0.2, 0.25) is 0 Å². The fourth-order valence-electron chi connectivity index (χ4n) is 3.63. The molecule has 8 nitrogen and oxygen atoms in total. The lowest BCUT2D eigenvalue weighted by Crippen LogP contribution is -2.33. The number of aromatic nitrogens is 3. The van der Waals surface area contributed by atoms with Crippen molar-refractivity contribution in [1.29, 1.82) is 5.41 Å². The quantitative estimate of drug-likeness (QED) is 0.548. The molecule has 1 aliphatic heterocycles. The van der Waals surface area contributed by atoms with Crippen molar-refractivity contribution in [3.05, 3.63) is 51.4 Å².